The van der Waals surface area contributed by atoms with Crippen LogP contribution in [-0.4, -0.2) is 8.42 Å². The van der Waals surface area contributed by atoms with Crippen LogP contribution in [0.2, 0.25) is 0 Å². The first-order valence-electron chi connectivity index (χ1n) is 4.09. The van der Waals surface area contributed by atoms with E-state index in [1.807, 2.05) is 18.2 Å². The molecule has 0 heterocycles. The van der Waals surface area contributed by atoms with Crippen molar-refractivity contribution >= 4 is 20.8 Å². The number of fused-ring (bicyclic) bond motifs is 1. The molecule has 0 spiro atoms. The van der Waals surface area contributed by atoms with Crippen LogP contribution in [0.3, 0.4) is 0 Å². The third-order valence-corrected chi connectivity index (χ3v) is 3.03. The smallest absolute Gasteiger partial charge is 0.225 e. The van der Waals surface area contributed by atoms with Gasteiger partial charge in [0.15, 0.2) is 0 Å². The van der Waals surface area contributed by atoms with Crippen molar-refractivity contribution in [1.29, 1.82) is 0 Å². The molecule has 2 aromatic carbocycles. The van der Waals surface area contributed by atoms with Crippen molar-refractivity contribution in [2.75, 3.05) is 0 Å². The molecule has 0 saturated carbocycles. The van der Waals surface area contributed by atoms with Crippen LogP contribution in [0.4, 0.5) is 0 Å². The molecule has 0 saturated heterocycles. The zero-order valence-corrected chi connectivity index (χ0v) is 14.4. The maximum Gasteiger partial charge on any atom is 0.238 e. The molecule has 3 nitrogen and oxygen atoms in total. The predicted molar refractivity (Wildman–Crippen MR) is 55.3 cm³/mol. The molecule has 0 aliphatic carbocycles. The summed E-state index contributed by atoms with van der Waals surface area (Å²) in [5, 5.41) is 6.63. The van der Waals surface area contributed by atoms with Gasteiger partial charge in [-0.25, -0.2) is 13.6 Å². The molecule has 2 aromatic rings. The molecular weight excluding hydrogens is 399 g/mol. The topological polar surface area (TPSA) is 60.2 Å². The van der Waals surface area contributed by atoms with Crippen LogP contribution in [-0.2, 0) is 37.7 Å². The van der Waals surface area contributed by atoms with Gasteiger partial charge in [0.2, 0.25) is 10.0 Å². The third kappa shape index (κ3) is 2.56. The van der Waals surface area contributed by atoms with E-state index in [0.29, 0.717) is 5.39 Å². The maximum atomic E-state index is 11.2. The van der Waals surface area contributed by atoms with Gasteiger partial charge in [-0.3, -0.25) is 0 Å². The van der Waals surface area contributed by atoms with E-state index in [4.69, 9.17) is 5.14 Å². The summed E-state index contributed by atoms with van der Waals surface area (Å²) in [6, 6.07) is 12.3. The first-order valence-corrected chi connectivity index (χ1v) is 5.64. The summed E-state index contributed by atoms with van der Waals surface area (Å²) in [6.07, 6.45) is 0. The normalized spacial score (nSPS) is 11.0. The number of nitrogens with two attached hydrogens (primary N) is 1. The van der Waals surface area contributed by atoms with Crippen molar-refractivity contribution in [1.82, 2.24) is 0 Å². The number of primary sulfonamides is 1. The van der Waals surface area contributed by atoms with Gasteiger partial charge in [0.05, 0.1) is 4.90 Å². The second-order valence-corrected chi connectivity index (χ2v) is 4.55. The summed E-state index contributed by atoms with van der Waals surface area (Å²) in [7, 11) is -3.63. The molecule has 2 N–H and O–H groups in total. The SMILES string of the molecule is NS(=O)(=O)c1cccc2ccccc12.[Hg]. The average Bonchev–Trinajstić information content (AvgIpc) is 2.15. The number of rotatable bonds is 1. The Kier molecular flexibility index (Phi) is 3.86. The molecule has 0 aliphatic rings. The molecule has 0 bridgehead atoms. The number of hydrogen-bond acceptors (Lipinski definition) is 2. The van der Waals surface area contributed by atoms with E-state index in [9.17, 15) is 8.42 Å². The van der Waals surface area contributed by atoms with Crippen molar-refractivity contribution < 1.29 is 36.1 Å². The van der Waals surface area contributed by atoms with Gasteiger partial charge in [0, 0.05) is 33.1 Å². The first-order chi connectivity index (χ1) is 6.59. The van der Waals surface area contributed by atoms with Gasteiger partial charge in [-0.2, -0.15) is 0 Å². The fourth-order valence-corrected chi connectivity index (χ4v) is 2.20. The Bertz CT molecular complexity index is 575. The Morgan fingerprint density at radius 3 is 2.20 bits per heavy atom. The van der Waals surface area contributed by atoms with Gasteiger partial charge in [0.1, 0.15) is 0 Å². The monoisotopic (exact) mass is 409 g/mol. The summed E-state index contributed by atoms with van der Waals surface area (Å²) in [5.74, 6) is 0. The fourth-order valence-electron chi connectivity index (χ4n) is 1.44. The molecule has 2 rings (SSSR count). The quantitative estimate of drug-likeness (QED) is 0.728. The van der Waals surface area contributed by atoms with Crippen LogP contribution < -0.4 is 5.14 Å². The molecular formula is C10H9HgNO2S. The Morgan fingerprint density at radius 1 is 0.933 bits per heavy atom. The third-order valence-electron chi connectivity index (χ3n) is 2.06. The summed E-state index contributed by atoms with van der Waals surface area (Å²) in [5.41, 5.74) is 0. The Hall–Kier alpha value is -0.455. The minimum absolute atomic E-state index is 0. The Morgan fingerprint density at radius 2 is 1.53 bits per heavy atom. The van der Waals surface area contributed by atoms with Crippen LogP contribution in [0.1, 0.15) is 0 Å². The van der Waals surface area contributed by atoms with E-state index in [1.54, 1.807) is 18.2 Å². The number of sulfonamides is 1. The van der Waals surface area contributed by atoms with Crippen molar-refractivity contribution in [3.8, 4) is 0 Å². The molecule has 5 heteroatoms. The second-order valence-electron chi connectivity index (χ2n) is 3.02. The summed E-state index contributed by atoms with van der Waals surface area (Å²) >= 11 is 0. The minimum atomic E-state index is -3.63. The molecule has 15 heavy (non-hydrogen) atoms. The van der Waals surface area contributed by atoms with Gasteiger partial charge >= 0.3 is 0 Å². The minimum Gasteiger partial charge on any atom is -0.225 e. The van der Waals surface area contributed by atoms with E-state index < -0.39 is 10.0 Å². The Balaban J connectivity index is 0.00000112. The van der Waals surface area contributed by atoms with Crippen molar-refractivity contribution in [2.45, 2.75) is 4.90 Å². The number of benzene rings is 2. The average molecular weight is 408 g/mol. The second kappa shape index (κ2) is 4.59. The number of hydrogen-bond donors (Lipinski definition) is 1. The largest absolute Gasteiger partial charge is 0.238 e. The van der Waals surface area contributed by atoms with Gasteiger partial charge in [-0.15, -0.1) is 0 Å². The van der Waals surface area contributed by atoms with Crippen LogP contribution in [0.15, 0.2) is 47.4 Å². The van der Waals surface area contributed by atoms with E-state index in [-0.39, 0.29) is 32.6 Å². The van der Waals surface area contributed by atoms with Crippen LogP contribution in [0.5, 0.6) is 0 Å². The summed E-state index contributed by atoms with van der Waals surface area (Å²) < 4.78 is 22.4. The van der Waals surface area contributed by atoms with E-state index >= 15 is 0 Å². The molecule has 0 radical (unpaired) electrons. The van der Waals surface area contributed by atoms with Gasteiger partial charge in [-0.1, -0.05) is 36.4 Å². The molecule has 0 aliphatic heterocycles. The summed E-state index contributed by atoms with van der Waals surface area (Å²) in [6.45, 7) is 0. The molecule has 0 aromatic heterocycles. The first kappa shape index (κ1) is 12.6. The predicted octanol–water partition coefficient (Wildman–Crippen LogP) is 1.48. The molecule has 0 atom stereocenters. The van der Waals surface area contributed by atoms with Gasteiger partial charge in [-0.05, 0) is 11.5 Å². The van der Waals surface area contributed by atoms with Crippen LogP contribution >= 0.6 is 0 Å². The van der Waals surface area contributed by atoms with Crippen molar-refractivity contribution in [3.63, 3.8) is 0 Å². The zero-order chi connectivity index (χ0) is 10.2. The van der Waals surface area contributed by atoms with Gasteiger partial charge in [0.25, 0.3) is 0 Å². The van der Waals surface area contributed by atoms with Crippen molar-refractivity contribution in [3.05, 3.63) is 42.5 Å². The maximum absolute atomic E-state index is 11.2. The van der Waals surface area contributed by atoms with Crippen LogP contribution in [0.25, 0.3) is 10.8 Å². The molecule has 74 valence electrons. The molecule has 0 fully saturated rings. The van der Waals surface area contributed by atoms with Crippen LogP contribution in [0, 0.1) is 0 Å². The zero-order valence-electron chi connectivity index (χ0n) is 8.05. The molecule has 0 unspecified atom stereocenters. The molecule has 0 amide bonds. The van der Waals surface area contributed by atoms with Crippen molar-refractivity contribution in [2.24, 2.45) is 5.14 Å². The fraction of sp³-hybridized carbons (Fsp3) is 0. The van der Waals surface area contributed by atoms with E-state index in [1.165, 1.54) is 6.07 Å². The Labute approximate surface area is 109 Å². The summed E-state index contributed by atoms with van der Waals surface area (Å²) in [4.78, 5) is 0.176. The van der Waals surface area contributed by atoms with Gasteiger partial charge < -0.3 is 0 Å². The van der Waals surface area contributed by atoms with E-state index in [2.05, 4.69) is 0 Å². The standard InChI is InChI=1S/C10H9NO2S.Hg/c11-14(12,13)10-7-3-5-8-4-1-2-6-9(8)10;/h1-7H,(H2,11,12,13);. The van der Waals surface area contributed by atoms with E-state index in [0.717, 1.165) is 5.39 Å².